The largest absolute Gasteiger partial charge is 0.497 e. The van der Waals surface area contributed by atoms with E-state index in [9.17, 15) is 8.42 Å². The van der Waals surface area contributed by atoms with Crippen LogP contribution in [0.1, 0.15) is 0 Å². The van der Waals surface area contributed by atoms with E-state index in [-0.39, 0.29) is 16.5 Å². The number of nitrogens with one attached hydrogen (secondary N) is 2. The van der Waals surface area contributed by atoms with E-state index in [0.717, 1.165) is 0 Å². The maximum Gasteiger partial charge on any atom is 0.266 e. The van der Waals surface area contributed by atoms with Crippen LogP contribution in [0.25, 0.3) is 11.0 Å². The van der Waals surface area contributed by atoms with Crippen LogP contribution in [-0.2, 0) is 17.1 Å². The molecule has 0 saturated heterocycles. The summed E-state index contributed by atoms with van der Waals surface area (Å²) in [6.45, 7) is 0. The summed E-state index contributed by atoms with van der Waals surface area (Å²) in [4.78, 5) is 9.03. The number of aryl methyl sites for hydroxylation is 1. The van der Waals surface area contributed by atoms with Crippen LogP contribution in [0.3, 0.4) is 0 Å². The van der Waals surface area contributed by atoms with Crippen molar-refractivity contribution in [2.75, 3.05) is 17.1 Å². The van der Waals surface area contributed by atoms with Crippen LogP contribution in [0.5, 0.6) is 5.75 Å². The number of methoxy groups -OCH3 is 1. The lowest BCUT2D eigenvalue weighted by molar-refractivity contribution is 0.415. The summed E-state index contributed by atoms with van der Waals surface area (Å²) >= 11 is 0. The molecule has 0 aliphatic heterocycles. The summed E-state index contributed by atoms with van der Waals surface area (Å²) < 4.78 is 34.6. The summed E-state index contributed by atoms with van der Waals surface area (Å²) in [5, 5.41) is 7.03. The third-order valence-electron chi connectivity index (χ3n) is 4.15. The molecule has 9 nitrogen and oxygen atoms in total. The van der Waals surface area contributed by atoms with Crippen molar-refractivity contribution in [1.82, 2.24) is 19.7 Å². The molecular formula is C19H18N6O3S. The fraction of sp³-hybridized carbons (Fsp3) is 0.105. The number of hydrogen-bond donors (Lipinski definition) is 2. The third-order valence-corrected chi connectivity index (χ3v) is 5.44. The van der Waals surface area contributed by atoms with Crippen LogP contribution in [0.15, 0.2) is 65.8 Å². The Morgan fingerprint density at radius 1 is 0.966 bits per heavy atom. The van der Waals surface area contributed by atoms with Gasteiger partial charge in [-0.1, -0.05) is 12.1 Å². The van der Waals surface area contributed by atoms with Gasteiger partial charge in [-0.25, -0.2) is 18.4 Å². The van der Waals surface area contributed by atoms with Gasteiger partial charge < -0.3 is 10.1 Å². The Morgan fingerprint density at radius 3 is 2.21 bits per heavy atom. The van der Waals surface area contributed by atoms with E-state index in [1.165, 1.54) is 17.1 Å². The molecule has 0 unspecified atom stereocenters. The van der Waals surface area contributed by atoms with Gasteiger partial charge in [0.15, 0.2) is 11.6 Å². The zero-order valence-corrected chi connectivity index (χ0v) is 16.5. The molecule has 0 spiro atoms. The maximum atomic E-state index is 12.8. The number of para-hydroxylation sites is 2. The molecule has 2 aromatic heterocycles. The van der Waals surface area contributed by atoms with Crippen LogP contribution < -0.4 is 14.8 Å². The standard InChI is InChI=1S/C19H18N6O3S/c1-25-12-15(11-20-25)29(26,27)24-19-18(21-13-7-9-14(28-2)10-8-13)22-16-5-3-4-6-17(16)23-19/h3-12H,1-2H3,(H,21,22)(H,23,24). The number of hydrogen-bond acceptors (Lipinski definition) is 7. The van der Waals surface area contributed by atoms with Crippen LogP contribution >= 0.6 is 0 Å². The van der Waals surface area contributed by atoms with Gasteiger partial charge in [0.1, 0.15) is 10.6 Å². The maximum absolute atomic E-state index is 12.8. The summed E-state index contributed by atoms with van der Waals surface area (Å²) in [5.74, 6) is 1.07. The molecule has 0 atom stereocenters. The third kappa shape index (κ3) is 3.97. The smallest absolute Gasteiger partial charge is 0.266 e. The topological polar surface area (TPSA) is 111 Å². The van der Waals surface area contributed by atoms with Gasteiger partial charge in [-0.15, -0.1) is 0 Å². The van der Waals surface area contributed by atoms with E-state index in [1.807, 2.05) is 12.1 Å². The first-order chi connectivity index (χ1) is 13.9. The molecule has 0 amide bonds. The molecular weight excluding hydrogens is 392 g/mol. The van der Waals surface area contributed by atoms with Crippen molar-refractivity contribution in [1.29, 1.82) is 0 Å². The lowest BCUT2D eigenvalue weighted by atomic mass is 10.3. The average molecular weight is 410 g/mol. The van der Waals surface area contributed by atoms with E-state index in [0.29, 0.717) is 22.5 Å². The normalized spacial score (nSPS) is 11.4. The number of sulfonamides is 1. The highest BCUT2D eigenvalue weighted by Gasteiger charge is 2.20. The van der Waals surface area contributed by atoms with Crippen molar-refractivity contribution in [3.8, 4) is 5.75 Å². The fourth-order valence-electron chi connectivity index (χ4n) is 2.69. The zero-order valence-electron chi connectivity index (χ0n) is 15.7. The Labute approximate surface area is 167 Å². The molecule has 2 heterocycles. The fourth-order valence-corrected chi connectivity index (χ4v) is 3.69. The minimum atomic E-state index is -3.88. The molecule has 0 bridgehead atoms. The second kappa shape index (κ2) is 7.40. The highest BCUT2D eigenvalue weighted by Crippen LogP contribution is 2.27. The molecule has 0 aliphatic carbocycles. The van der Waals surface area contributed by atoms with Gasteiger partial charge in [0.2, 0.25) is 0 Å². The number of anilines is 3. The second-order valence-electron chi connectivity index (χ2n) is 6.22. The molecule has 2 aromatic carbocycles. The first-order valence-electron chi connectivity index (χ1n) is 8.64. The van der Waals surface area contributed by atoms with E-state index in [1.54, 1.807) is 50.6 Å². The predicted molar refractivity (Wildman–Crippen MR) is 110 cm³/mol. The van der Waals surface area contributed by atoms with Crippen molar-refractivity contribution in [2.24, 2.45) is 7.05 Å². The average Bonchev–Trinajstić information content (AvgIpc) is 3.16. The Bertz CT molecular complexity index is 1270. The highest BCUT2D eigenvalue weighted by atomic mass is 32.2. The first kappa shape index (κ1) is 18.7. The van der Waals surface area contributed by atoms with Crippen molar-refractivity contribution < 1.29 is 13.2 Å². The van der Waals surface area contributed by atoms with Crippen LogP contribution in [0.2, 0.25) is 0 Å². The second-order valence-corrected chi connectivity index (χ2v) is 7.90. The Kier molecular flexibility index (Phi) is 4.77. The minimum absolute atomic E-state index is 0.0327. The zero-order chi connectivity index (χ0) is 20.4. The molecule has 4 aromatic rings. The van der Waals surface area contributed by atoms with Gasteiger partial charge in [-0.3, -0.25) is 9.40 Å². The summed E-state index contributed by atoms with van der Waals surface area (Å²) in [6, 6.07) is 14.4. The number of aromatic nitrogens is 4. The van der Waals surface area contributed by atoms with E-state index in [4.69, 9.17) is 4.74 Å². The van der Waals surface area contributed by atoms with Crippen LogP contribution in [0, 0.1) is 0 Å². The summed E-state index contributed by atoms with van der Waals surface area (Å²) in [7, 11) is -0.652. The molecule has 0 aliphatic rings. The molecule has 29 heavy (non-hydrogen) atoms. The van der Waals surface area contributed by atoms with Crippen molar-refractivity contribution in [3.63, 3.8) is 0 Å². The van der Waals surface area contributed by atoms with Gasteiger partial charge in [0.25, 0.3) is 10.0 Å². The lowest BCUT2D eigenvalue weighted by Gasteiger charge is -2.13. The van der Waals surface area contributed by atoms with Gasteiger partial charge >= 0.3 is 0 Å². The summed E-state index contributed by atoms with van der Waals surface area (Å²) in [5.41, 5.74) is 1.90. The molecule has 0 fully saturated rings. The van der Waals surface area contributed by atoms with Gasteiger partial charge in [-0.2, -0.15) is 5.10 Å². The molecule has 0 radical (unpaired) electrons. The Balaban J connectivity index is 1.75. The SMILES string of the molecule is COc1ccc(Nc2nc3ccccc3nc2NS(=O)(=O)c2cnn(C)c2)cc1. The predicted octanol–water partition coefficient (Wildman–Crippen LogP) is 2.92. The van der Waals surface area contributed by atoms with Gasteiger partial charge in [-0.05, 0) is 36.4 Å². The van der Waals surface area contributed by atoms with E-state index in [2.05, 4.69) is 25.1 Å². The number of nitrogens with zero attached hydrogens (tertiary/aromatic N) is 4. The summed E-state index contributed by atoms with van der Waals surface area (Å²) in [6.07, 6.45) is 2.68. The first-order valence-corrected chi connectivity index (χ1v) is 10.1. The van der Waals surface area contributed by atoms with Crippen molar-refractivity contribution in [3.05, 3.63) is 60.9 Å². The number of rotatable bonds is 6. The monoisotopic (exact) mass is 410 g/mol. The number of benzene rings is 2. The van der Waals surface area contributed by atoms with Crippen molar-refractivity contribution >= 4 is 38.4 Å². The quantitative estimate of drug-likeness (QED) is 0.503. The number of ether oxygens (including phenoxy) is 1. The van der Waals surface area contributed by atoms with Crippen molar-refractivity contribution in [2.45, 2.75) is 4.90 Å². The van der Waals surface area contributed by atoms with E-state index < -0.39 is 10.0 Å². The molecule has 2 N–H and O–H groups in total. The number of fused-ring (bicyclic) bond motifs is 1. The van der Waals surface area contributed by atoms with Crippen LogP contribution in [0.4, 0.5) is 17.3 Å². The van der Waals surface area contributed by atoms with Gasteiger partial charge in [0.05, 0.1) is 24.3 Å². The lowest BCUT2D eigenvalue weighted by Crippen LogP contribution is -2.15. The van der Waals surface area contributed by atoms with Crippen LogP contribution in [-0.4, -0.2) is 35.3 Å². The Morgan fingerprint density at radius 2 is 1.62 bits per heavy atom. The molecule has 148 valence electrons. The molecule has 0 saturated carbocycles. The van der Waals surface area contributed by atoms with Gasteiger partial charge in [0, 0.05) is 18.9 Å². The Hall–Kier alpha value is -3.66. The minimum Gasteiger partial charge on any atom is -0.497 e. The van der Waals surface area contributed by atoms with E-state index >= 15 is 0 Å². The highest BCUT2D eigenvalue weighted by molar-refractivity contribution is 7.92. The molecule has 4 rings (SSSR count). The molecule has 10 heteroatoms.